The number of carbonyl (C=O) groups is 1. The molecule has 0 saturated carbocycles. The normalized spacial score (nSPS) is 20.5. The highest BCUT2D eigenvalue weighted by Gasteiger charge is 2.38. The van der Waals surface area contributed by atoms with Crippen LogP contribution in [0.3, 0.4) is 0 Å². The van der Waals surface area contributed by atoms with E-state index < -0.39 is 22.2 Å². The fourth-order valence-corrected chi connectivity index (χ4v) is 5.65. The lowest BCUT2D eigenvalue weighted by molar-refractivity contribution is -0.131. The average Bonchev–Trinajstić information content (AvgIpc) is 2.84. The summed E-state index contributed by atoms with van der Waals surface area (Å²) in [5.74, 6) is 6.09. The van der Waals surface area contributed by atoms with E-state index in [-0.39, 0.29) is 35.6 Å². The number of fused-ring (bicyclic) bond motifs is 1. The van der Waals surface area contributed by atoms with Crippen LogP contribution in [0.5, 0.6) is 5.75 Å². The Hall–Kier alpha value is -2.86. The van der Waals surface area contributed by atoms with E-state index in [1.165, 1.54) is 10.4 Å². The number of aliphatic hydroxyl groups excluding tert-OH is 1. The second-order valence-electron chi connectivity index (χ2n) is 8.65. The number of likely N-dealkylation sites (N-methyl/N-ethyl adjacent to an activating group) is 1. The molecule has 2 aromatic rings. The van der Waals surface area contributed by atoms with Gasteiger partial charge in [0, 0.05) is 43.1 Å². The molecule has 0 bridgehead atoms. The van der Waals surface area contributed by atoms with Gasteiger partial charge in [-0.1, -0.05) is 43.9 Å². The number of hydrogen-bond acceptors (Lipinski definition) is 5. The van der Waals surface area contributed by atoms with Crippen molar-refractivity contribution in [1.29, 1.82) is 0 Å². The van der Waals surface area contributed by atoms with Crippen LogP contribution in [0.1, 0.15) is 38.3 Å². The summed E-state index contributed by atoms with van der Waals surface area (Å²) in [5.41, 5.74) is 1.46. The van der Waals surface area contributed by atoms with E-state index in [1.807, 2.05) is 37.3 Å². The van der Waals surface area contributed by atoms with Crippen molar-refractivity contribution < 1.29 is 23.1 Å². The maximum atomic E-state index is 13.5. The number of sulfonamides is 1. The molecule has 3 rings (SSSR count). The smallest absolute Gasteiger partial charge is 0.247 e. The van der Waals surface area contributed by atoms with Gasteiger partial charge in [-0.25, -0.2) is 8.42 Å². The van der Waals surface area contributed by atoms with Crippen molar-refractivity contribution in [1.82, 2.24) is 9.21 Å². The first-order valence-corrected chi connectivity index (χ1v) is 12.9. The molecular weight excluding hydrogens is 452 g/mol. The number of hydrogen-bond donors (Lipinski definition) is 1. The topological polar surface area (TPSA) is 87.2 Å². The van der Waals surface area contributed by atoms with Gasteiger partial charge >= 0.3 is 0 Å². The Labute approximate surface area is 202 Å². The predicted octanol–water partition coefficient (Wildman–Crippen LogP) is 2.72. The van der Waals surface area contributed by atoms with E-state index in [1.54, 1.807) is 37.9 Å². The van der Waals surface area contributed by atoms with Gasteiger partial charge in [-0.15, -0.1) is 0 Å². The van der Waals surface area contributed by atoms with Gasteiger partial charge in [-0.05, 0) is 37.3 Å². The highest BCUT2D eigenvalue weighted by Crippen LogP contribution is 2.34. The minimum Gasteiger partial charge on any atom is -0.487 e. The first-order chi connectivity index (χ1) is 16.2. The molecule has 1 aliphatic heterocycles. The molecule has 0 unspecified atom stereocenters. The zero-order valence-electron chi connectivity index (χ0n) is 20.1. The van der Waals surface area contributed by atoms with Crippen molar-refractivity contribution in [2.24, 2.45) is 5.92 Å². The zero-order valence-corrected chi connectivity index (χ0v) is 20.9. The fourth-order valence-electron chi connectivity index (χ4n) is 3.83. The van der Waals surface area contributed by atoms with Gasteiger partial charge in [0.2, 0.25) is 15.9 Å². The zero-order chi connectivity index (χ0) is 24.9. The highest BCUT2D eigenvalue weighted by molar-refractivity contribution is 7.89. The Morgan fingerprint density at radius 2 is 1.88 bits per heavy atom. The van der Waals surface area contributed by atoms with E-state index in [4.69, 9.17) is 4.74 Å². The van der Waals surface area contributed by atoms with Crippen LogP contribution in [-0.2, 0) is 14.8 Å². The highest BCUT2D eigenvalue weighted by atomic mass is 32.2. The van der Waals surface area contributed by atoms with Gasteiger partial charge in [0.15, 0.2) is 0 Å². The summed E-state index contributed by atoms with van der Waals surface area (Å²) < 4.78 is 34.7. The molecule has 0 saturated heterocycles. The first kappa shape index (κ1) is 25.8. The fraction of sp³-hybridized carbons (Fsp3) is 0.423. The molecule has 1 heterocycles. The summed E-state index contributed by atoms with van der Waals surface area (Å²) in [6.45, 7) is 5.54. The monoisotopic (exact) mass is 484 g/mol. The Morgan fingerprint density at radius 3 is 2.53 bits per heavy atom. The van der Waals surface area contributed by atoms with Gasteiger partial charge < -0.3 is 14.7 Å². The summed E-state index contributed by atoms with van der Waals surface area (Å²) in [5, 5.41) is 9.75. The summed E-state index contributed by atoms with van der Waals surface area (Å²) in [6, 6.07) is 13.7. The molecule has 1 aliphatic rings. The lowest BCUT2D eigenvalue weighted by Crippen LogP contribution is -2.50. The Morgan fingerprint density at radius 1 is 1.21 bits per heavy atom. The van der Waals surface area contributed by atoms with Gasteiger partial charge in [-0.2, -0.15) is 4.31 Å². The van der Waals surface area contributed by atoms with Gasteiger partial charge in [-0.3, -0.25) is 4.79 Å². The van der Waals surface area contributed by atoms with Crippen molar-refractivity contribution in [3.63, 3.8) is 0 Å². The van der Waals surface area contributed by atoms with Crippen molar-refractivity contribution in [3.05, 3.63) is 59.7 Å². The molecule has 0 spiro atoms. The molecule has 0 aromatic heterocycles. The van der Waals surface area contributed by atoms with E-state index in [2.05, 4.69) is 11.8 Å². The molecule has 182 valence electrons. The molecule has 0 aliphatic carbocycles. The molecule has 1 amide bonds. The number of aliphatic hydroxyl groups is 1. The maximum absolute atomic E-state index is 13.5. The molecule has 7 nitrogen and oxygen atoms in total. The molecule has 3 atom stereocenters. The summed E-state index contributed by atoms with van der Waals surface area (Å²) in [6.07, 6.45) is -0.0735. The third-order valence-corrected chi connectivity index (χ3v) is 7.99. The van der Waals surface area contributed by atoms with Crippen LogP contribution >= 0.6 is 0 Å². The molecule has 1 N–H and O–H groups in total. The first-order valence-electron chi connectivity index (χ1n) is 11.4. The largest absolute Gasteiger partial charge is 0.487 e. The van der Waals surface area contributed by atoms with Crippen LogP contribution in [0, 0.1) is 17.8 Å². The molecule has 34 heavy (non-hydrogen) atoms. The third kappa shape index (κ3) is 5.79. The predicted molar refractivity (Wildman–Crippen MR) is 131 cm³/mol. The minimum atomic E-state index is -3.92. The average molecular weight is 485 g/mol. The molecular formula is C26H32N2O5S. The van der Waals surface area contributed by atoms with Crippen molar-refractivity contribution >= 4 is 15.9 Å². The Kier molecular flexibility index (Phi) is 8.37. The number of carbonyl (C=O) groups excluding carboxylic acids is 1. The number of amides is 1. The number of nitrogens with zero attached hydrogens (tertiary/aromatic N) is 2. The standard InChI is InChI=1S/C26H32N2O5S/c1-5-26(30)27(4)17-24-19(2)16-28(20(3)18-29)34(31,32)25-14-13-22(15-23(25)33-24)12-11-21-9-7-6-8-10-21/h6-10,13-15,19-20,24,29H,5,16-18H2,1-4H3/t19-,20-,24-/m1/s1. The summed E-state index contributed by atoms with van der Waals surface area (Å²) in [4.78, 5) is 13.8. The van der Waals surface area contributed by atoms with Gasteiger partial charge in [0.1, 0.15) is 16.7 Å². The van der Waals surface area contributed by atoms with Crippen LogP contribution < -0.4 is 4.74 Å². The second kappa shape index (κ2) is 11.0. The van der Waals surface area contributed by atoms with Crippen LogP contribution in [0.15, 0.2) is 53.4 Å². The van der Waals surface area contributed by atoms with Crippen LogP contribution in [-0.4, -0.2) is 67.5 Å². The Balaban J connectivity index is 2.06. The van der Waals surface area contributed by atoms with Crippen molar-refractivity contribution in [3.8, 4) is 17.6 Å². The van der Waals surface area contributed by atoms with Gasteiger partial charge in [0.05, 0.1) is 13.2 Å². The molecule has 0 radical (unpaired) electrons. The van der Waals surface area contributed by atoms with E-state index in [0.717, 1.165) is 5.56 Å². The van der Waals surface area contributed by atoms with Crippen LogP contribution in [0.2, 0.25) is 0 Å². The van der Waals surface area contributed by atoms with Crippen molar-refractivity contribution in [2.45, 2.75) is 44.2 Å². The maximum Gasteiger partial charge on any atom is 0.247 e. The van der Waals surface area contributed by atoms with Gasteiger partial charge in [0.25, 0.3) is 0 Å². The lowest BCUT2D eigenvalue weighted by Gasteiger charge is -2.37. The molecule has 8 heteroatoms. The summed E-state index contributed by atoms with van der Waals surface area (Å²) >= 11 is 0. The van der Waals surface area contributed by atoms with Crippen molar-refractivity contribution in [2.75, 3.05) is 26.7 Å². The number of benzene rings is 2. The number of rotatable bonds is 5. The van der Waals surface area contributed by atoms with E-state index in [9.17, 15) is 18.3 Å². The molecule has 0 fully saturated rings. The van der Waals surface area contributed by atoms with E-state index in [0.29, 0.717) is 18.5 Å². The third-order valence-electron chi connectivity index (χ3n) is 5.97. The Bertz CT molecular complexity index is 1170. The SMILES string of the molecule is CCC(=O)N(C)C[C@H]1Oc2cc(C#Cc3ccccc3)ccc2S(=O)(=O)N([C@H](C)CO)C[C@H]1C. The lowest BCUT2D eigenvalue weighted by atomic mass is 10.0. The van der Waals surface area contributed by atoms with E-state index >= 15 is 0 Å². The van der Waals surface area contributed by atoms with Crippen LogP contribution in [0.4, 0.5) is 0 Å². The second-order valence-corrected chi connectivity index (χ2v) is 10.5. The van der Waals surface area contributed by atoms with Crippen LogP contribution in [0.25, 0.3) is 0 Å². The quantitative estimate of drug-likeness (QED) is 0.660. The minimum absolute atomic E-state index is 0.0197. The number of ether oxygens (including phenoxy) is 1. The molecule has 2 aromatic carbocycles. The summed E-state index contributed by atoms with van der Waals surface area (Å²) in [7, 11) is -2.21.